The predicted octanol–water partition coefficient (Wildman–Crippen LogP) is 2.36. The summed E-state index contributed by atoms with van der Waals surface area (Å²) >= 11 is 0. The van der Waals surface area contributed by atoms with Gasteiger partial charge in [-0.2, -0.15) is 0 Å². The molecule has 114 valence electrons. The zero-order chi connectivity index (χ0) is 15.6. The molecule has 5 nitrogen and oxygen atoms in total. The van der Waals surface area contributed by atoms with Crippen LogP contribution in [0.3, 0.4) is 0 Å². The van der Waals surface area contributed by atoms with Gasteiger partial charge in [-0.05, 0) is 23.3 Å². The molecule has 2 aromatic carbocycles. The lowest BCUT2D eigenvalue weighted by molar-refractivity contribution is -0.125. The van der Waals surface area contributed by atoms with Gasteiger partial charge < -0.3 is 14.9 Å². The van der Waals surface area contributed by atoms with Gasteiger partial charge in [0.25, 0.3) is 5.91 Å². The van der Waals surface area contributed by atoms with E-state index in [1.165, 1.54) is 0 Å². The van der Waals surface area contributed by atoms with Crippen molar-refractivity contribution in [1.82, 2.24) is 5.32 Å². The van der Waals surface area contributed by atoms with Crippen molar-refractivity contribution in [1.29, 1.82) is 0 Å². The predicted molar refractivity (Wildman–Crippen MR) is 84.8 cm³/mol. The van der Waals surface area contributed by atoms with E-state index in [1.807, 2.05) is 54.6 Å². The number of amides is 1. The first-order chi connectivity index (χ1) is 10.8. The summed E-state index contributed by atoms with van der Waals surface area (Å²) in [5, 5.41) is 6.51. The number of nitrogens with zero attached hydrogens (tertiary/aromatic N) is 1. The minimum Gasteiger partial charge on any atom is -0.497 e. The lowest BCUT2D eigenvalue weighted by Crippen LogP contribution is -2.26. The zero-order valence-electron chi connectivity index (χ0n) is 12.4. The van der Waals surface area contributed by atoms with Crippen molar-refractivity contribution in [3.05, 3.63) is 65.7 Å². The van der Waals surface area contributed by atoms with E-state index in [2.05, 4.69) is 10.5 Å². The molecule has 0 aromatic heterocycles. The number of oxime groups is 1. The Morgan fingerprint density at radius 2 is 2.00 bits per heavy atom. The van der Waals surface area contributed by atoms with E-state index in [0.717, 1.165) is 16.9 Å². The van der Waals surface area contributed by atoms with Crippen LogP contribution in [0.2, 0.25) is 0 Å². The first-order valence-corrected chi connectivity index (χ1v) is 6.88. The molecule has 0 fully saturated rings. The van der Waals surface area contributed by atoms with E-state index in [1.54, 1.807) is 13.3 Å². The van der Waals surface area contributed by atoms with Crippen LogP contribution in [0.1, 0.15) is 11.1 Å². The van der Waals surface area contributed by atoms with Crippen molar-refractivity contribution in [2.75, 3.05) is 13.7 Å². The zero-order valence-corrected chi connectivity index (χ0v) is 12.4. The van der Waals surface area contributed by atoms with Crippen molar-refractivity contribution in [3.63, 3.8) is 0 Å². The van der Waals surface area contributed by atoms with Gasteiger partial charge in [0.1, 0.15) is 5.75 Å². The molecule has 0 aliphatic carbocycles. The van der Waals surface area contributed by atoms with E-state index in [-0.39, 0.29) is 12.5 Å². The van der Waals surface area contributed by atoms with Crippen LogP contribution in [0.25, 0.3) is 0 Å². The van der Waals surface area contributed by atoms with Gasteiger partial charge in [-0.1, -0.05) is 47.6 Å². The van der Waals surface area contributed by atoms with Gasteiger partial charge in [0, 0.05) is 6.54 Å². The highest BCUT2D eigenvalue weighted by Crippen LogP contribution is 2.11. The molecule has 0 unspecified atom stereocenters. The Morgan fingerprint density at radius 3 is 2.77 bits per heavy atom. The number of benzene rings is 2. The minimum absolute atomic E-state index is 0.118. The Morgan fingerprint density at radius 1 is 1.18 bits per heavy atom. The van der Waals surface area contributed by atoms with Gasteiger partial charge in [0.05, 0.1) is 13.3 Å². The maximum atomic E-state index is 11.6. The summed E-state index contributed by atoms with van der Waals surface area (Å²) in [5.41, 5.74) is 1.87. The molecule has 1 amide bonds. The quantitative estimate of drug-likeness (QED) is 0.630. The van der Waals surface area contributed by atoms with Gasteiger partial charge in [-0.15, -0.1) is 0 Å². The van der Waals surface area contributed by atoms with Crippen LogP contribution in [-0.2, 0) is 16.2 Å². The maximum Gasteiger partial charge on any atom is 0.261 e. The number of rotatable bonds is 7. The maximum absolute atomic E-state index is 11.6. The van der Waals surface area contributed by atoms with Crippen LogP contribution in [0, 0.1) is 0 Å². The molecule has 0 heterocycles. The number of carbonyl (C=O) groups excluding carboxylic acids is 1. The van der Waals surface area contributed by atoms with E-state index in [0.29, 0.717) is 6.54 Å². The first kappa shape index (κ1) is 15.6. The molecule has 0 spiro atoms. The summed E-state index contributed by atoms with van der Waals surface area (Å²) in [5.74, 6) is 0.531. The van der Waals surface area contributed by atoms with Crippen LogP contribution in [0.5, 0.6) is 5.75 Å². The summed E-state index contributed by atoms with van der Waals surface area (Å²) in [6.45, 7) is 0.301. The first-order valence-electron chi connectivity index (χ1n) is 6.88. The number of nitrogens with one attached hydrogen (secondary N) is 1. The highest BCUT2D eigenvalue weighted by Gasteiger charge is 2.02. The second kappa shape index (κ2) is 8.46. The number of hydrogen-bond acceptors (Lipinski definition) is 4. The number of ether oxygens (including phenoxy) is 1. The molecule has 2 aromatic rings. The summed E-state index contributed by atoms with van der Waals surface area (Å²) in [6.07, 6.45) is 1.56. The van der Waals surface area contributed by atoms with Crippen molar-refractivity contribution in [3.8, 4) is 5.75 Å². The second-order valence-corrected chi connectivity index (χ2v) is 4.55. The normalized spacial score (nSPS) is 10.4. The fourth-order valence-electron chi connectivity index (χ4n) is 1.77. The van der Waals surface area contributed by atoms with Crippen LogP contribution in [0.4, 0.5) is 0 Å². The smallest absolute Gasteiger partial charge is 0.261 e. The van der Waals surface area contributed by atoms with E-state index < -0.39 is 0 Å². The highest BCUT2D eigenvalue weighted by molar-refractivity contribution is 5.79. The molecule has 2 rings (SSSR count). The summed E-state index contributed by atoms with van der Waals surface area (Å²) in [6, 6.07) is 17.0. The summed E-state index contributed by atoms with van der Waals surface area (Å²) < 4.78 is 5.13. The molecule has 5 heteroatoms. The average molecular weight is 298 g/mol. The van der Waals surface area contributed by atoms with Gasteiger partial charge >= 0.3 is 0 Å². The minimum atomic E-state index is -0.229. The molecule has 0 atom stereocenters. The van der Waals surface area contributed by atoms with E-state index >= 15 is 0 Å². The van der Waals surface area contributed by atoms with Crippen molar-refractivity contribution in [2.45, 2.75) is 6.54 Å². The fourth-order valence-corrected chi connectivity index (χ4v) is 1.77. The molecular weight excluding hydrogens is 280 g/mol. The van der Waals surface area contributed by atoms with Gasteiger partial charge in [-0.25, -0.2) is 0 Å². The third-order valence-corrected chi connectivity index (χ3v) is 2.90. The largest absolute Gasteiger partial charge is 0.497 e. The summed E-state index contributed by atoms with van der Waals surface area (Å²) in [4.78, 5) is 16.6. The van der Waals surface area contributed by atoms with Crippen molar-refractivity contribution >= 4 is 12.1 Å². The second-order valence-electron chi connectivity index (χ2n) is 4.55. The third kappa shape index (κ3) is 5.28. The Bertz CT molecular complexity index is 627. The molecular formula is C17H18N2O3. The fraction of sp³-hybridized carbons (Fsp3) is 0.176. The standard InChI is InChI=1S/C17H18N2O3/c1-21-16-9-5-8-15(10-16)11-18-17(20)13-22-19-12-14-6-3-2-4-7-14/h2-10,12H,11,13H2,1H3,(H,18,20)/b19-12+. The van der Waals surface area contributed by atoms with Crippen molar-refractivity contribution < 1.29 is 14.4 Å². The van der Waals surface area contributed by atoms with Gasteiger partial charge in [0.2, 0.25) is 0 Å². The van der Waals surface area contributed by atoms with E-state index in [9.17, 15) is 4.79 Å². The third-order valence-electron chi connectivity index (χ3n) is 2.90. The Balaban J connectivity index is 1.70. The van der Waals surface area contributed by atoms with Crippen molar-refractivity contribution in [2.24, 2.45) is 5.16 Å². The molecule has 0 radical (unpaired) electrons. The van der Waals surface area contributed by atoms with Gasteiger partial charge in [0.15, 0.2) is 6.61 Å². The molecule has 0 aliphatic rings. The van der Waals surface area contributed by atoms with Crippen LogP contribution < -0.4 is 10.1 Å². The average Bonchev–Trinajstić information content (AvgIpc) is 2.58. The Kier molecular flexibility index (Phi) is 5.99. The molecule has 0 saturated carbocycles. The lowest BCUT2D eigenvalue weighted by Gasteiger charge is -2.06. The van der Waals surface area contributed by atoms with Crippen LogP contribution >= 0.6 is 0 Å². The van der Waals surface area contributed by atoms with E-state index in [4.69, 9.17) is 9.57 Å². The topological polar surface area (TPSA) is 59.9 Å². The van der Waals surface area contributed by atoms with Gasteiger partial charge in [-0.3, -0.25) is 4.79 Å². The number of hydrogen-bond donors (Lipinski definition) is 1. The highest BCUT2D eigenvalue weighted by atomic mass is 16.6. The molecule has 0 saturated heterocycles. The number of carbonyl (C=O) groups is 1. The SMILES string of the molecule is COc1cccc(CNC(=O)CO/N=C/c2ccccc2)c1. The van der Waals surface area contributed by atoms with Crippen LogP contribution in [-0.4, -0.2) is 25.8 Å². The molecule has 0 aliphatic heterocycles. The molecule has 0 bridgehead atoms. The Hall–Kier alpha value is -2.82. The molecule has 22 heavy (non-hydrogen) atoms. The van der Waals surface area contributed by atoms with Crippen LogP contribution in [0.15, 0.2) is 59.8 Å². The monoisotopic (exact) mass is 298 g/mol. The summed E-state index contributed by atoms with van der Waals surface area (Å²) in [7, 11) is 1.61. The Labute approximate surface area is 129 Å². The number of methoxy groups -OCH3 is 1. The lowest BCUT2D eigenvalue weighted by atomic mass is 10.2. The molecule has 1 N–H and O–H groups in total.